The fraction of sp³-hybridized carbons (Fsp3) is 0.333. The number of cyclic esters (lactones) is 1. The van der Waals surface area contributed by atoms with Gasteiger partial charge in [0, 0.05) is 6.54 Å². The Labute approximate surface area is 106 Å². The fourth-order valence-corrected chi connectivity index (χ4v) is 1.85. The van der Waals surface area contributed by atoms with Crippen molar-refractivity contribution in [1.29, 1.82) is 0 Å². The van der Waals surface area contributed by atoms with Gasteiger partial charge in [-0.25, -0.2) is 18.0 Å². The number of amides is 1. The second kappa shape index (κ2) is 4.91. The minimum absolute atomic E-state index is 0.0617. The molecule has 1 amide bonds. The van der Waals surface area contributed by atoms with Gasteiger partial charge in [-0.3, -0.25) is 4.79 Å². The first kappa shape index (κ1) is 13.4. The molecule has 19 heavy (non-hydrogen) atoms. The standard InChI is InChI=1S/C12H10F3NO3/c1-6-4-16(11(17)12(18)19-6)5-7-2-8(13)10(15)9(14)3-7/h2-3,6H,4-5H2,1H3. The lowest BCUT2D eigenvalue weighted by Crippen LogP contribution is -2.48. The van der Waals surface area contributed by atoms with E-state index in [-0.39, 0.29) is 18.7 Å². The smallest absolute Gasteiger partial charge is 0.397 e. The van der Waals surface area contributed by atoms with Gasteiger partial charge in [-0.2, -0.15) is 0 Å². The molecule has 2 rings (SSSR count). The third-order valence-electron chi connectivity index (χ3n) is 2.66. The van der Waals surface area contributed by atoms with Crippen LogP contribution in [0.25, 0.3) is 0 Å². The van der Waals surface area contributed by atoms with Gasteiger partial charge in [-0.15, -0.1) is 0 Å². The molecule has 1 saturated heterocycles. The molecule has 0 bridgehead atoms. The van der Waals surface area contributed by atoms with E-state index in [9.17, 15) is 22.8 Å². The van der Waals surface area contributed by atoms with Crippen LogP contribution in [-0.2, 0) is 20.9 Å². The molecule has 0 aromatic heterocycles. The predicted octanol–water partition coefficient (Wildman–Crippen LogP) is 1.38. The zero-order chi connectivity index (χ0) is 14.2. The molecular weight excluding hydrogens is 263 g/mol. The van der Waals surface area contributed by atoms with Gasteiger partial charge < -0.3 is 9.64 Å². The summed E-state index contributed by atoms with van der Waals surface area (Å²) in [6, 6.07) is 1.58. The largest absolute Gasteiger partial charge is 0.454 e. The van der Waals surface area contributed by atoms with E-state index in [0.717, 1.165) is 17.0 Å². The molecular formula is C12H10F3NO3. The van der Waals surface area contributed by atoms with Crippen LogP contribution in [0, 0.1) is 17.5 Å². The molecule has 0 aliphatic carbocycles. The lowest BCUT2D eigenvalue weighted by Gasteiger charge is -2.29. The molecule has 102 valence electrons. The number of ether oxygens (including phenoxy) is 1. The van der Waals surface area contributed by atoms with Gasteiger partial charge in [0.1, 0.15) is 6.10 Å². The SMILES string of the molecule is CC1CN(Cc2cc(F)c(F)c(F)c2)C(=O)C(=O)O1. The maximum absolute atomic E-state index is 13.0. The van der Waals surface area contributed by atoms with E-state index in [1.54, 1.807) is 6.92 Å². The average Bonchev–Trinajstić information content (AvgIpc) is 2.32. The molecule has 7 heteroatoms. The van der Waals surface area contributed by atoms with Crippen molar-refractivity contribution in [2.24, 2.45) is 0 Å². The molecule has 4 nitrogen and oxygen atoms in total. The van der Waals surface area contributed by atoms with Crippen molar-refractivity contribution in [3.63, 3.8) is 0 Å². The quantitative estimate of drug-likeness (QED) is 0.464. The summed E-state index contributed by atoms with van der Waals surface area (Å²) in [5, 5.41) is 0. The number of rotatable bonds is 2. The second-order valence-electron chi connectivity index (χ2n) is 4.28. The van der Waals surface area contributed by atoms with Crippen LogP contribution in [-0.4, -0.2) is 29.4 Å². The molecule has 0 spiro atoms. The van der Waals surface area contributed by atoms with Gasteiger partial charge in [-0.05, 0) is 24.6 Å². The maximum atomic E-state index is 13.0. The molecule has 1 aromatic rings. The Morgan fingerprint density at radius 3 is 2.42 bits per heavy atom. The van der Waals surface area contributed by atoms with Crippen LogP contribution >= 0.6 is 0 Å². The Bertz CT molecular complexity index is 524. The molecule has 0 saturated carbocycles. The van der Waals surface area contributed by atoms with Crippen LogP contribution in [0.4, 0.5) is 13.2 Å². The van der Waals surface area contributed by atoms with Crippen LogP contribution in [0.2, 0.25) is 0 Å². The van der Waals surface area contributed by atoms with Gasteiger partial charge >= 0.3 is 11.9 Å². The highest BCUT2D eigenvalue weighted by Crippen LogP contribution is 2.17. The van der Waals surface area contributed by atoms with Gasteiger partial charge in [0.05, 0.1) is 6.54 Å². The molecule has 1 aromatic carbocycles. The highest BCUT2D eigenvalue weighted by molar-refractivity contribution is 6.32. The first-order chi connectivity index (χ1) is 8.88. The number of esters is 1. The minimum atomic E-state index is -1.57. The molecule has 1 heterocycles. The van der Waals surface area contributed by atoms with Crippen LogP contribution in [0.3, 0.4) is 0 Å². The number of carbonyl (C=O) groups excluding carboxylic acids is 2. The number of carbonyl (C=O) groups is 2. The summed E-state index contributed by atoms with van der Waals surface area (Å²) >= 11 is 0. The summed E-state index contributed by atoms with van der Waals surface area (Å²) in [7, 11) is 0. The van der Waals surface area contributed by atoms with E-state index in [4.69, 9.17) is 4.74 Å². The van der Waals surface area contributed by atoms with Gasteiger partial charge in [0.2, 0.25) is 0 Å². The van der Waals surface area contributed by atoms with Crippen molar-refractivity contribution in [3.05, 3.63) is 35.1 Å². The Kier molecular flexibility index (Phi) is 3.46. The summed E-state index contributed by atoms with van der Waals surface area (Å²) in [6.45, 7) is 1.51. The van der Waals surface area contributed by atoms with Crippen molar-refractivity contribution in [2.45, 2.75) is 19.6 Å². The van der Waals surface area contributed by atoms with Gasteiger partial charge in [0.25, 0.3) is 0 Å². The molecule has 1 unspecified atom stereocenters. The molecule has 1 atom stereocenters. The predicted molar refractivity (Wildman–Crippen MR) is 57.3 cm³/mol. The zero-order valence-corrected chi connectivity index (χ0v) is 9.95. The highest BCUT2D eigenvalue weighted by Gasteiger charge is 2.32. The number of morpholine rings is 1. The summed E-state index contributed by atoms with van der Waals surface area (Å²) in [6.07, 6.45) is -0.500. The second-order valence-corrected chi connectivity index (χ2v) is 4.28. The van der Waals surface area contributed by atoms with Gasteiger partial charge in [-0.1, -0.05) is 0 Å². The summed E-state index contributed by atoms with van der Waals surface area (Å²) in [5.74, 6) is -6.14. The van der Waals surface area contributed by atoms with E-state index >= 15 is 0 Å². The molecule has 1 aliphatic rings. The third kappa shape index (κ3) is 2.69. The third-order valence-corrected chi connectivity index (χ3v) is 2.66. The molecule has 0 N–H and O–H groups in total. The minimum Gasteiger partial charge on any atom is -0.454 e. The van der Waals surface area contributed by atoms with Crippen molar-refractivity contribution in [3.8, 4) is 0 Å². The first-order valence-electron chi connectivity index (χ1n) is 5.51. The molecule has 1 aliphatic heterocycles. The Morgan fingerprint density at radius 2 is 1.84 bits per heavy atom. The van der Waals surface area contributed by atoms with E-state index in [2.05, 4.69) is 0 Å². The van der Waals surface area contributed by atoms with Gasteiger partial charge in [0.15, 0.2) is 17.5 Å². The lowest BCUT2D eigenvalue weighted by atomic mass is 10.1. The molecule has 1 fully saturated rings. The topological polar surface area (TPSA) is 46.6 Å². The van der Waals surface area contributed by atoms with Crippen LogP contribution in [0.1, 0.15) is 12.5 Å². The van der Waals surface area contributed by atoms with E-state index in [1.807, 2.05) is 0 Å². The van der Waals surface area contributed by atoms with Crippen LogP contribution < -0.4 is 0 Å². The fourth-order valence-electron chi connectivity index (χ4n) is 1.85. The van der Waals surface area contributed by atoms with E-state index in [1.165, 1.54) is 0 Å². The first-order valence-corrected chi connectivity index (χ1v) is 5.51. The number of benzene rings is 1. The van der Waals surface area contributed by atoms with Crippen molar-refractivity contribution < 1.29 is 27.5 Å². The summed E-state index contributed by atoms with van der Waals surface area (Å²) in [5.41, 5.74) is 0.0617. The van der Waals surface area contributed by atoms with E-state index in [0.29, 0.717) is 0 Å². The van der Waals surface area contributed by atoms with Crippen molar-refractivity contribution in [1.82, 2.24) is 4.90 Å². The Hall–Kier alpha value is -2.05. The lowest BCUT2D eigenvalue weighted by molar-refractivity contribution is -0.172. The Morgan fingerprint density at radius 1 is 1.26 bits per heavy atom. The van der Waals surface area contributed by atoms with Crippen LogP contribution in [0.5, 0.6) is 0 Å². The number of hydrogen-bond donors (Lipinski definition) is 0. The Balaban J connectivity index is 2.21. The highest BCUT2D eigenvalue weighted by atomic mass is 19.2. The number of nitrogens with zero attached hydrogens (tertiary/aromatic N) is 1. The van der Waals surface area contributed by atoms with Crippen molar-refractivity contribution in [2.75, 3.05) is 6.54 Å². The average molecular weight is 273 g/mol. The zero-order valence-electron chi connectivity index (χ0n) is 9.95. The van der Waals surface area contributed by atoms with Crippen molar-refractivity contribution >= 4 is 11.9 Å². The number of halogens is 3. The maximum Gasteiger partial charge on any atom is 0.397 e. The van der Waals surface area contributed by atoms with Crippen LogP contribution in [0.15, 0.2) is 12.1 Å². The normalized spacial score (nSPS) is 19.6. The van der Waals surface area contributed by atoms with E-state index < -0.39 is 35.4 Å². The molecule has 0 radical (unpaired) electrons. The summed E-state index contributed by atoms with van der Waals surface area (Å²) < 4.78 is 43.5. The number of hydrogen-bond acceptors (Lipinski definition) is 3. The summed E-state index contributed by atoms with van der Waals surface area (Å²) in [4.78, 5) is 23.8. The monoisotopic (exact) mass is 273 g/mol.